The fourth-order valence-corrected chi connectivity index (χ4v) is 2.49. The average molecular weight is 289 g/mol. The Kier molecular flexibility index (Phi) is 5.51. The first kappa shape index (κ1) is 15.7. The van der Waals surface area contributed by atoms with Gasteiger partial charge in [0.25, 0.3) is 0 Å². The molecule has 0 fully saturated rings. The second-order valence-corrected chi connectivity index (χ2v) is 5.42. The van der Waals surface area contributed by atoms with E-state index in [4.69, 9.17) is 0 Å². The van der Waals surface area contributed by atoms with Crippen LogP contribution in [-0.2, 0) is 6.54 Å². The van der Waals surface area contributed by atoms with Crippen molar-refractivity contribution in [2.45, 2.75) is 52.2 Å². The van der Waals surface area contributed by atoms with Gasteiger partial charge in [0.2, 0.25) is 0 Å². The van der Waals surface area contributed by atoms with Gasteiger partial charge >= 0.3 is 0 Å². The first-order valence-corrected chi connectivity index (χ1v) is 7.66. The van der Waals surface area contributed by atoms with Gasteiger partial charge in [-0.1, -0.05) is 26.0 Å². The van der Waals surface area contributed by atoms with Crippen LogP contribution < -0.4 is 5.32 Å². The van der Waals surface area contributed by atoms with Crippen LogP contribution in [0.1, 0.15) is 57.0 Å². The number of benzene rings is 1. The van der Waals surface area contributed by atoms with E-state index in [1.54, 1.807) is 12.1 Å². The van der Waals surface area contributed by atoms with Gasteiger partial charge in [0.05, 0.1) is 11.7 Å². The van der Waals surface area contributed by atoms with Gasteiger partial charge in [-0.25, -0.2) is 4.39 Å². The summed E-state index contributed by atoms with van der Waals surface area (Å²) in [5.74, 6) is -0.195. The number of halogens is 1. The van der Waals surface area contributed by atoms with Gasteiger partial charge in [0.15, 0.2) is 0 Å². The highest BCUT2D eigenvalue weighted by molar-refractivity contribution is 5.19. The summed E-state index contributed by atoms with van der Waals surface area (Å²) in [4.78, 5) is 0. The maximum atomic E-state index is 13.2. The van der Waals surface area contributed by atoms with Crippen LogP contribution in [0, 0.1) is 5.82 Å². The minimum absolute atomic E-state index is 0.0963. The van der Waals surface area contributed by atoms with Crippen LogP contribution in [0.15, 0.2) is 36.5 Å². The molecule has 0 aliphatic rings. The van der Waals surface area contributed by atoms with Gasteiger partial charge in [-0.3, -0.25) is 4.68 Å². The molecule has 0 saturated carbocycles. The Bertz CT molecular complexity index is 561. The van der Waals surface area contributed by atoms with E-state index in [1.165, 1.54) is 6.07 Å². The van der Waals surface area contributed by atoms with E-state index in [-0.39, 0.29) is 11.9 Å². The highest BCUT2D eigenvalue weighted by Crippen LogP contribution is 2.16. The summed E-state index contributed by atoms with van der Waals surface area (Å²) < 4.78 is 15.3. The lowest BCUT2D eigenvalue weighted by atomic mass is 10.1. The molecule has 0 aliphatic heterocycles. The zero-order chi connectivity index (χ0) is 15.2. The van der Waals surface area contributed by atoms with Crippen LogP contribution >= 0.6 is 0 Å². The van der Waals surface area contributed by atoms with Crippen molar-refractivity contribution < 1.29 is 4.39 Å². The molecule has 1 aromatic heterocycles. The van der Waals surface area contributed by atoms with Gasteiger partial charge < -0.3 is 5.32 Å². The molecule has 1 atom stereocenters. The number of rotatable bonds is 7. The van der Waals surface area contributed by atoms with Crippen molar-refractivity contribution in [1.82, 2.24) is 15.1 Å². The summed E-state index contributed by atoms with van der Waals surface area (Å²) in [5.41, 5.74) is 1.97. The molecule has 0 unspecified atom stereocenters. The second-order valence-electron chi connectivity index (χ2n) is 5.42. The van der Waals surface area contributed by atoms with Crippen molar-refractivity contribution in [2.24, 2.45) is 0 Å². The standard InChI is InChI=1S/C17H24FN3/c1-4-17(5-2)21-10-9-16(20-21)12-19-13(3)14-7-6-8-15(18)11-14/h6-11,13,17,19H,4-5,12H2,1-3H3/t13-/m0/s1. The van der Waals surface area contributed by atoms with Crippen LogP contribution in [0.25, 0.3) is 0 Å². The predicted octanol–water partition coefficient (Wildman–Crippen LogP) is 4.23. The fraction of sp³-hybridized carbons (Fsp3) is 0.471. The second kappa shape index (κ2) is 7.36. The molecule has 114 valence electrons. The van der Waals surface area contributed by atoms with Gasteiger partial charge in [0.1, 0.15) is 5.82 Å². The average Bonchev–Trinajstić information content (AvgIpc) is 2.95. The number of hydrogen-bond acceptors (Lipinski definition) is 2. The third-order valence-corrected chi connectivity index (χ3v) is 3.92. The molecule has 0 radical (unpaired) electrons. The predicted molar refractivity (Wildman–Crippen MR) is 83.5 cm³/mol. The molecule has 1 N–H and O–H groups in total. The van der Waals surface area contributed by atoms with Gasteiger partial charge in [-0.05, 0) is 43.5 Å². The van der Waals surface area contributed by atoms with E-state index >= 15 is 0 Å². The Morgan fingerprint density at radius 1 is 1.24 bits per heavy atom. The van der Waals surface area contributed by atoms with Gasteiger partial charge in [0, 0.05) is 18.8 Å². The van der Waals surface area contributed by atoms with Crippen molar-refractivity contribution in [3.05, 3.63) is 53.6 Å². The quantitative estimate of drug-likeness (QED) is 0.826. The Balaban J connectivity index is 1.94. The largest absolute Gasteiger partial charge is 0.304 e. The minimum atomic E-state index is -0.195. The maximum absolute atomic E-state index is 13.2. The summed E-state index contributed by atoms with van der Waals surface area (Å²) in [6.07, 6.45) is 4.22. The van der Waals surface area contributed by atoms with Crippen LogP contribution in [0.2, 0.25) is 0 Å². The first-order valence-electron chi connectivity index (χ1n) is 7.66. The van der Waals surface area contributed by atoms with Gasteiger partial charge in [-0.2, -0.15) is 5.10 Å². The highest BCUT2D eigenvalue weighted by atomic mass is 19.1. The molecule has 2 aromatic rings. The zero-order valence-corrected chi connectivity index (χ0v) is 13.0. The van der Waals surface area contributed by atoms with Crippen molar-refractivity contribution in [1.29, 1.82) is 0 Å². The normalized spacial score (nSPS) is 12.8. The van der Waals surface area contributed by atoms with E-state index in [1.807, 2.05) is 29.9 Å². The molecule has 1 aromatic carbocycles. The molecule has 2 rings (SSSR count). The van der Waals surface area contributed by atoms with Crippen LogP contribution in [0.5, 0.6) is 0 Å². The van der Waals surface area contributed by atoms with Crippen LogP contribution in [-0.4, -0.2) is 9.78 Å². The molecule has 1 heterocycles. The van der Waals surface area contributed by atoms with Crippen molar-refractivity contribution in [3.8, 4) is 0 Å². The van der Waals surface area contributed by atoms with E-state index in [0.29, 0.717) is 12.6 Å². The number of nitrogens with zero attached hydrogens (tertiary/aromatic N) is 2. The first-order chi connectivity index (χ1) is 10.1. The van der Waals surface area contributed by atoms with Gasteiger partial charge in [-0.15, -0.1) is 0 Å². The van der Waals surface area contributed by atoms with E-state index in [0.717, 1.165) is 24.1 Å². The molecule has 21 heavy (non-hydrogen) atoms. The zero-order valence-electron chi connectivity index (χ0n) is 13.0. The molecular formula is C17H24FN3. The molecule has 0 amide bonds. The van der Waals surface area contributed by atoms with E-state index in [9.17, 15) is 4.39 Å². The van der Waals surface area contributed by atoms with E-state index in [2.05, 4.69) is 24.3 Å². The number of aromatic nitrogens is 2. The molecule has 0 saturated heterocycles. The maximum Gasteiger partial charge on any atom is 0.123 e. The molecule has 3 nitrogen and oxygen atoms in total. The van der Waals surface area contributed by atoms with E-state index < -0.39 is 0 Å². The lowest BCUT2D eigenvalue weighted by Gasteiger charge is -2.14. The minimum Gasteiger partial charge on any atom is -0.304 e. The van der Waals surface area contributed by atoms with Crippen LogP contribution in [0.4, 0.5) is 4.39 Å². The Labute approximate surface area is 126 Å². The summed E-state index contributed by atoms with van der Waals surface area (Å²) >= 11 is 0. The Morgan fingerprint density at radius 2 is 2.00 bits per heavy atom. The number of nitrogens with one attached hydrogen (secondary N) is 1. The summed E-state index contributed by atoms with van der Waals surface area (Å²) in [6.45, 7) is 7.08. The smallest absolute Gasteiger partial charge is 0.123 e. The summed E-state index contributed by atoms with van der Waals surface area (Å²) in [5, 5.41) is 8.00. The monoisotopic (exact) mass is 289 g/mol. The molecule has 4 heteroatoms. The Morgan fingerprint density at radius 3 is 2.67 bits per heavy atom. The molecule has 0 spiro atoms. The van der Waals surface area contributed by atoms with Crippen LogP contribution in [0.3, 0.4) is 0 Å². The lowest BCUT2D eigenvalue weighted by Crippen LogP contribution is -2.19. The van der Waals surface area contributed by atoms with Crippen molar-refractivity contribution in [3.63, 3.8) is 0 Å². The topological polar surface area (TPSA) is 29.9 Å². The summed E-state index contributed by atoms with van der Waals surface area (Å²) in [6, 6.07) is 9.32. The molecule has 0 aliphatic carbocycles. The third kappa shape index (κ3) is 4.14. The lowest BCUT2D eigenvalue weighted by molar-refractivity contribution is 0.423. The molecule has 0 bridgehead atoms. The third-order valence-electron chi connectivity index (χ3n) is 3.92. The summed E-state index contributed by atoms with van der Waals surface area (Å²) in [7, 11) is 0. The number of hydrogen-bond donors (Lipinski definition) is 1. The van der Waals surface area contributed by atoms with Crippen molar-refractivity contribution in [2.75, 3.05) is 0 Å². The Hall–Kier alpha value is -1.68. The highest BCUT2D eigenvalue weighted by Gasteiger charge is 2.09. The molecular weight excluding hydrogens is 265 g/mol. The van der Waals surface area contributed by atoms with Crippen molar-refractivity contribution >= 4 is 0 Å². The fourth-order valence-electron chi connectivity index (χ4n) is 2.49. The SMILES string of the molecule is CCC(CC)n1ccc(CN[C@@H](C)c2cccc(F)c2)n1.